The lowest BCUT2D eigenvalue weighted by molar-refractivity contribution is -0.313. The van der Waals surface area contributed by atoms with Crippen molar-refractivity contribution >= 4 is 5.97 Å². The molecule has 4 aliphatic carbocycles. The minimum Gasteiger partial charge on any atom is -0.463 e. The standard InChI is InChI=1S/C55H96O7/c1-7-8-9-10-11-12-13-14-15-16-17-18-19-20-21-22-23-24-25-29-49(56)60-39-48-50(57)51(58)52(59)53(62-48)61-43-34-36-54(5)42(38-43)30-31-44-46-33-32-45(41(4)28-26-27-40(2)3)55(46,6)37-35-47(44)54/h14-15,30,40-41,43-48,50-53,57-59H,7-13,16-29,31-39H2,1-6H3/b15-14-/t41-,43+,44+,45-,46+,47+,48-,50+,51+,52-,53-,54+,55-/m1/s1. The zero-order chi connectivity index (χ0) is 44.5. The Bertz CT molecular complexity index is 1340. The summed E-state index contributed by atoms with van der Waals surface area (Å²) in [7, 11) is 0. The Morgan fingerprint density at radius 1 is 0.758 bits per heavy atom. The van der Waals surface area contributed by atoms with E-state index in [1.54, 1.807) is 0 Å². The predicted molar refractivity (Wildman–Crippen MR) is 253 cm³/mol. The smallest absolute Gasteiger partial charge is 0.305 e. The summed E-state index contributed by atoms with van der Waals surface area (Å²) in [6.45, 7) is 14.5. The second-order valence-corrected chi connectivity index (χ2v) is 22.2. The lowest BCUT2D eigenvalue weighted by atomic mass is 9.47. The number of carbonyl (C=O) groups is 1. The van der Waals surface area contributed by atoms with Crippen molar-refractivity contribution in [1.29, 1.82) is 0 Å². The molecule has 0 aromatic carbocycles. The SMILES string of the molecule is CCCCCCCC/C=C\CCCCCCCCCCCC(=O)OC[C@H]1O[C@@H](O[C@H]2CC[C@@]3(C)C(=CC[C@H]4[C@@H]5CC[C@H]([C@H](C)CCCC(C)C)[C@@]5(C)CC[C@@H]43)C2)[C@H](O)[C@@H](O)[C@H]1O. The Kier molecular flexibility index (Phi) is 21.8. The summed E-state index contributed by atoms with van der Waals surface area (Å²) in [5, 5.41) is 32.6. The van der Waals surface area contributed by atoms with Crippen LogP contribution in [0.2, 0.25) is 0 Å². The Labute approximate surface area is 380 Å². The van der Waals surface area contributed by atoms with Crippen LogP contribution >= 0.6 is 0 Å². The van der Waals surface area contributed by atoms with Crippen LogP contribution in [-0.4, -0.2) is 64.7 Å². The molecule has 0 aromatic heterocycles. The first-order chi connectivity index (χ1) is 29.9. The molecular weight excluding hydrogens is 773 g/mol. The molecule has 7 nitrogen and oxygen atoms in total. The van der Waals surface area contributed by atoms with Gasteiger partial charge < -0.3 is 29.5 Å². The summed E-state index contributed by atoms with van der Waals surface area (Å²) in [5.74, 6) is 4.44. The summed E-state index contributed by atoms with van der Waals surface area (Å²) in [6, 6.07) is 0. The number of fused-ring (bicyclic) bond motifs is 5. The van der Waals surface area contributed by atoms with Gasteiger partial charge in [0.05, 0.1) is 6.10 Å². The van der Waals surface area contributed by atoms with Crippen LogP contribution in [0.5, 0.6) is 0 Å². The molecule has 4 fully saturated rings. The zero-order valence-electron chi connectivity index (χ0n) is 40.8. The Balaban J connectivity index is 0.956. The topological polar surface area (TPSA) is 105 Å². The highest BCUT2D eigenvalue weighted by atomic mass is 16.7. The molecule has 7 heteroatoms. The quantitative estimate of drug-likeness (QED) is 0.0408. The van der Waals surface area contributed by atoms with Crippen molar-refractivity contribution in [2.45, 2.75) is 265 Å². The van der Waals surface area contributed by atoms with Gasteiger partial charge in [-0.25, -0.2) is 0 Å². The number of esters is 1. The first-order valence-corrected chi connectivity index (χ1v) is 26.7. The van der Waals surface area contributed by atoms with Crippen molar-refractivity contribution in [2.24, 2.45) is 46.3 Å². The molecule has 0 aromatic rings. The van der Waals surface area contributed by atoms with Gasteiger partial charge in [-0.15, -0.1) is 0 Å². The van der Waals surface area contributed by atoms with E-state index in [2.05, 4.69) is 59.8 Å². The van der Waals surface area contributed by atoms with Crippen molar-refractivity contribution in [2.75, 3.05) is 6.61 Å². The van der Waals surface area contributed by atoms with Crippen molar-refractivity contribution in [3.63, 3.8) is 0 Å². The van der Waals surface area contributed by atoms with Crippen molar-refractivity contribution in [3.05, 3.63) is 23.8 Å². The second kappa shape index (κ2) is 26.2. The highest BCUT2D eigenvalue weighted by molar-refractivity contribution is 5.69. The lowest BCUT2D eigenvalue weighted by Gasteiger charge is -2.58. The number of hydrogen-bond donors (Lipinski definition) is 3. The number of rotatable bonds is 28. The molecule has 1 heterocycles. The van der Waals surface area contributed by atoms with Crippen molar-refractivity contribution in [3.8, 4) is 0 Å². The van der Waals surface area contributed by atoms with Crippen LogP contribution in [0.25, 0.3) is 0 Å². The molecule has 3 saturated carbocycles. The van der Waals surface area contributed by atoms with Crippen LogP contribution in [0.15, 0.2) is 23.8 Å². The van der Waals surface area contributed by atoms with Gasteiger partial charge in [-0.1, -0.05) is 162 Å². The maximum Gasteiger partial charge on any atom is 0.305 e. The van der Waals surface area contributed by atoms with Gasteiger partial charge in [0.2, 0.25) is 0 Å². The van der Waals surface area contributed by atoms with Gasteiger partial charge in [0.15, 0.2) is 6.29 Å². The van der Waals surface area contributed by atoms with E-state index in [1.807, 2.05) is 0 Å². The van der Waals surface area contributed by atoms with E-state index in [4.69, 9.17) is 14.2 Å². The fourth-order valence-electron chi connectivity index (χ4n) is 13.4. The van der Waals surface area contributed by atoms with Gasteiger partial charge in [0, 0.05) is 6.42 Å². The van der Waals surface area contributed by atoms with Crippen LogP contribution < -0.4 is 0 Å². The maximum absolute atomic E-state index is 12.7. The average Bonchev–Trinajstić information content (AvgIpc) is 3.61. The van der Waals surface area contributed by atoms with Crippen LogP contribution in [0.1, 0.15) is 228 Å². The number of hydrogen-bond acceptors (Lipinski definition) is 7. The number of aliphatic hydroxyl groups excluding tert-OH is 3. The lowest BCUT2D eigenvalue weighted by Crippen LogP contribution is -2.60. The average molecular weight is 869 g/mol. The Hall–Kier alpha value is -1.25. The normalized spacial score (nSPS) is 35.1. The molecule has 1 saturated heterocycles. The van der Waals surface area contributed by atoms with E-state index in [1.165, 1.54) is 140 Å². The molecular formula is C55H96O7. The third-order valence-corrected chi connectivity index (χ3v) is 17.3. The number of ether oxygens (including phenoxy) is 3. The van der Waals surface area contributed by atoms with Gasteiger partial charge in [0.1, 0.15) is 31.0 Å². The van der Waals surface area contributed by atoms with E-state index in [0.29, 0.717) is 17.8 Å². The van der Waals surface area contributed by atoms with Crippen LogP contribution in [0.4, 0.5) is 0 Å². The number of carbonyl (C=O) groups excluding carboxylic acids is 1. The van der Waals surface area contributed by atoms with Crippen molar-refractivity contribution < 1.29 is 34.3 Å². The first-order valence-electron chi connectivity index (χ1n) is 26.7. The fourth-order valence-corrected chi connectivity index (χ4v) is 13.4. The number of allylic oxidation sites excluding steroid dienone is 3. The maximum atomic E-state index is 12.7. The number of unbranched alkanes of at least 4 members (excludes halogenated alkanes) is 15. The van der Waals surface area contributed by atoms with Gasteiger partial charge in [-0.2, -0.15) is 0 Å². The summed E-state index contributed by atoms with van der Waals surface area (Å²) in [4.78, 5) is 12.7. The molecule has 1 aliphatic heterocycles. The van der Waals surface area contributed by atoms with Crippen LogP contribution in [0, 0.1) is 46.3 Å². The van der Waals surface area contributed by atoms with E-state index in [0.717, 1.165) is 74.5 Å². The van der Waals surface area contributed by atoms with E-state index >= 15 is 0 Å². The van der Waals surface area contributed by atoms with E-state index in [9.17, 15) is 20.1 Å². The third-order valence-electron chi connectivity index (χ3n) is 17.3. The Morgan fingerprint density at radius 3 is 2.06 bits per heavy atom. The van der Waals surface area contributed by atoms with Gasteiger partial charge in [-0.05, 0) is 130 Å². The molecule has 62 heavy (non-hydrogen) atoms. The van der Waals surface area contributed by atoms with E-state index in [-0.39, 0.29) is 24.1 Å². The summed E-state index contributed by atoms with van der Waals surface area (Å²) in [5.41, 5.74) is 2.14. The van der Waals surface area contributed by atoms with E-state index < -0.39 is 30.7 Å². The number of aliphatic hydroxyl groups is 3. The monoisotopic (exact) mass is 869 g/mol. The minimum absolute atomic E-state index is 0.139. The molecule has 5 rings (SSSR count). The highest BCUT2D eigenvalue weighted by Crippen LogP contribution is 2.67. The van der Waals surface area contributed by atoms with Crippen LogP contribution in [0.3, 0.4) is 0 Å². The third kappa shape index (κ3) is 14.4. The molecule has 0 spiro atoms. The van der Waals surface area contributed by atoms with Crippen LogP contribution in [-0.2, 0) is 19.0 Å². The molecule has 0 radical (unpaired) electrons. The first kappa shape index (κ1) is 51.7. The summed E-state index contributed by atoms with van der Waals surface area (Å²) in [6.07, 6.45) is 36.0. The highest BCUT2D eigenvalue weighted by Gasteiger charge is 2.59. The molecule has 358 valence electrons. The second-order valence-electron chi connectivity index (χ2n) is 22.2. The van der Waals surface area contributed by atoms with Gasteiger partial charge in [-0.3, -0.25) is 4.79 Å². The fraction of sp³-hybridized carbons (Fsp3) is 0.909. The summed E-state index contributed by atoms with van der Waals surface area (Å²) >= 11 is 0. The minimum atomic E-state index is -1.44. The molecule has 3 N–H and O–H groups in total. The van der Waals surface area contributed by atoms with Crippen molar-refractivity contribution in [1.82, 2.24) is 0 Å². The van der Waals surface area contributed by atoms with Gasteiger partial charge >= 0.3 is 5.97 Å². The molecule has 0 bridgehead atoms. The Morgan fingerprint density at radius 2 is 1.40 bits per heavy atom. The molecule has 0 unspecified atom stereocenters. The summed E-state index contributed by atoms with van der Waals surface area (Å²) < 4.78 is 18.1. The van der Waals surface area contributed by atoms with Gasteiger partial charge in [0.25, 0.3) is 0 Å². The molecule has 13 atom stereocenters. The predicted octanol–water partition coefficient (Wildman–Crippen LogP) is 13.4. The molecule has 5 aliphatic rings. The largest absolute Gasteiger partial charge is 0.463 e. The molecule has 0 amide bonds. The zero-order valence-corrected chi connectivity index (χ0v) is 40.8.